The van der Waals surface area contributed by atoms with Crippen LogP contribution >= 0.6 is 0 Å². The molecule has 3 heterocycles. The number of nitrogens with one attached hydrogen (secondary N) is 1. The molecule has 2 fully saturated rings. The number of carbonyl (C=O) groups excluding carboxylic acids is 1. The van der Waals surface area contributed by atoms with Crippen molar-refractivity contribution in [2.45, 2.75) is 20.3 Å². The maximum atomic E-state index is 12.8. The van der Waals surface area contributed by atoms with Crippen LogP contribution in [0.25, 0.3) is 0 Å². The molecule has 1 amide bonds. The zero-order valence-corrected chi connectivity index (χ0v) is 18.5. The number of amides is 1. The lowest BCUT2D eigenvalue weighted by atomic mass is 10.2. The van der Waals surface area contributed by atoms with Crippen molar-refractivity contribution in [3.63, 3.8) is 0 Å². The van der Waals surface area contributed by atoms with Crippen molar-refractivity contribution in [3.8, 4) is 0 Å². The molecule has 0 bridgehead atoms. The summed E-state index contributed by atoms with van der Waals surface area (Å²) in [5, 5.41) is 3.12. The van der Waals surface area contributed by atoms with Crippen LogP contribution in [0.4, 0.5) is 17.2 Å². The van der Waals surface area contributed by atoms with Crippen molar-refractivity contribution in [1.29, 1.82) is 0 Å². The van der Waals surface area contributed by atoms with Gasteiger partial charge >= 0.3 is 0 Å². The van der Waals surface area contributed by atoms with Crippen LogP contribution < -0.4 is 15.1 Å². The van der Waals surface area contributed by atoms with E-state index in [0.717, 1.165) is 87.6 Å². The summed E-state index contributed by atoms with van der Waals surface area (Å²) >= 11 is 0. The normalized spacial score (nSPS) is 17.6. The molecule has 8 nitrogen and oxygen atoms in total. The van der Waals surface area contributed by atoms with Crippen LogP contribution in [-0.4, -0.2) is 79.8 Å². The lowest BCUT2D eigenvalue weighted by Gasteiger charge is -2.35. The van der Waals surface area contributed by atoms with Crippen molar-refractivity contribution in [1.82, 2.24) is 14.9 Å². The Morgan fingerprint density at radius 2 is 1.77 bits per heavy atom. The van der Waals surface area contributed by atoms with E-state index >= 15 is 0 Å². The minimum Gasteiger partial charge on any atom is -0.378 e. The highest BCUT2D eigenvalue weighted by Crippen LogP contribution is 2.26. The van der Waals surface area contributed by atoms with Gasteiger partial charge in [-0.15, -0.1) is 0 Å². The number of nitrogens with zero attached hydrogens (tertiary/aromatic N) is 5. The molecule has 2 aliphatic heterocycles. The monoisotopic (exact) mass is 424 g/mol. The Morgan fingerprint density at radius 1 is 1.03 bits per heavy atom. The Labute approximate surface area is 184 Å². The number of morpholine rings is 1. The molecule has 1 aromatic carbocycles. The van der Waals surface area contributed by atoms with Gasteiger partial charge in [-0.05, 0) is 19.1 Å². The van der Waals surface area contributed by atoms with E-state index in [4.69, 9.17) is 4.74 Å². The lowest BCUT2D eigenvalue weighted by Crippen LogP contribution is -2.49. The van der Waals surface area contributed by atoms with E-state index in [1.807, 2.05) is 31.2 Å². The number of aromatic nitrogens is 2. The second kappa shape index (κ2) is 10.1. The molecule has 4 rings (SSSR count). The average molecular weight is 425 g/mol. The zero-order chi connectivity index (χ0) is 21.6. The Morgan fingerprint density at radius 3 is 2.52 bits per heavy atom. The third-order valence-corrected chi connectivity index (χ3v) is 5.80. The number of para-hydroxylation sites is 2. The van der Waals surface area contributed by atoms with Gasteiger partial charge in [0.15, 0.2) is 0 Å². The summed E-state index contributed by atoms with van der Waals surface area (Å²) in [5.74, 6) is 1.91. The maximum Gasteiger partial charge on any atom is 0.238 e. The molecule has 1 N–H and O–H groups in total. The number of carbonyl (C=O) groups is 1. The number of ether oxygens (including phenoxy) is 1. The van der Waals surface area contributed by atoms with Gasteiger partial charge in [0.1, 0.15) is 11.6 Å². The van der Waals surface area contributed by atoms with Crippen molar-refractivity contribution < 1.29 is 9.53 Å². The fraction of sp³-hybridized carbons (Fsp3) is 0.522. The molecule has 2 saturated heterocycles. The minimum absolute atomic E-state index is 0.0281. The molecule has 0 spiro atoms. The third kappa shape index (κ3) is 5.51. The van der Waals surface area contributed by atoms with Gasteiger partial charge in [-0.3, -0.25) is 9.69 Å². The highest BCUT2D eigenvalue weighted by molar-refractivity contribution is 5.95. The number of hydrogen-bond donors (Lipinski definition) is 1. The van der Waals surface area contributed by atoms with Crippen LogP contribution in [0.1, 0.15) is 18.4 Å². The number of anilines is 3. The van der Waals surface area contributed by atoms with Crippen molar-refractivity contribution in [3.05, 3.63) is 41.9 Å². The molecular weight excluding hydrogens is 392 g/mol. The SMILES string of the molecule is CCc1nc(C)cc(N2CCN(CC(=O)Nc3ccccc3N3CCOCC3)CC2)n1. The van der Waals surface area contributed by atoms with Gasteiger partial charge in [0.05, 0.1) is 31.1 Å². The third-order valence-electron chi connectivity index (χ3n) is 5.80. The zero-order valence-electron chi connectivity index (χ0n) is 18.5. The van der Waals surface area contributed by atoms with Crippen LogP contribution in [0.15, 0.2) is 30.3 Å². The van der Waals surface area contributed by atoms with E-state index in [0.29, 0.717) is 6.54 Å². The molecule has 2 aromatic rings. The molecular formula is C23H32N6O2. The molecule has 8 heteroatoms. The first-order valence-corrected chi connectivity index (χ1v) is 11.2. The van der Waals surface area contributed by atoms with Gasteiger partial charge in [-0.1, -0.05) is 19.1 Å². The predicted molar refractivity (Wildman–Crippen MR) is 123 cm³/mol. The molecule has 166 valence electrons. The first-order chi connectivity index (χ1) is 15.1. The van der Waals surface area contributed by atoms with E-state index in [1.54, 1.807) is 0 Å². The average Bonchev–Trinajstić information content (AvgIpc) is 2.80. The Balaban J connectivity index is 1.31. The summed E-state index contributed by atoms with van der Waals surface area (Å²) < 4.78 is 5.46. The molecule has 0 aliphatic carbocycles. The number of benzene rings is 1. The maximum absolute atomic E-state index is 12.8. The highest BCUT2D eigenvalue weighted by atomic mass is 16.5. The summed E-state index contributed by atoms with van der Waals surface area (Å²) in [4.78, 5) is 28.7. The van der Waals surface area contributed by atoms with Crippen molar-refractivity contribution in [2.75, 3.05) is 74.1 Å². The molecule has 0 radical (unpaired) electrons. The Bertz CT molecular complexity index is 891. The van der Waals surface area contributed by atoms with Gasteiger partial charge in [0, 0.05) is 57.4 Å². The lowest BCUT2D eigenvalue weighted by molar-refractivity contribution is -0.117. The van der Waals surface area contributed by atoms with Crippen molar-refractivity contribution in [2.24, 2.45) is 0 Å². The van der Waals surface area contributed by atoms with Gasteiger partial charge in [-0.25, -0.2) is 9.97 Å². The summed E-state index contributed by atoms with van der Waals surface area (Å²) in [7, 11) is 0. The summed E-state index contributed by atoms with van der Waals surface area (Å²) in [6, 6.07) is 10.1. The summed E-state index contributed by atoms with van der Waals surface area (Å²) in [5.41, 5.74) is 2.94. The second-order valence-electron chi connectivity index (χ2n) is 8.07. The smallest absolute Gasteiger partial charge is 0.238 e. The van der Waals surface area contributed by atoms with E-state index in [-0.39, 0.29) is 5.91 Å². The molecule has 0 atom stereocenters. The Kier molecular flexibility index (Phi) is 6.99. The van der Waals surface area contributed by atoms with Gasteiger partial charge in [0.2, 0.25) is 5.91 Å². The summed E-state index contributed by atoms with van der Waals surface area (Å²) in [6.07, 6.45) is 0.834. The molecule has 0 saturated carbocycles. The van der Waals surface area contributed by atoms with Crippen LogP contribution in [0.2, 0.25) is 0 Å². The number of aryl methyl sites for hydroxylation is 2. The topological polar surface area (TPSA) is 73.8 Å². The fourth-order valence-corrected chi connectivity index (χ4v) is 4.12. The van der Waals surface area contributed by atoms with E-state index in [2.05, 4.69) is 43.0 Å². The van der Waals surface area contributed by atoms with Crippen LogP contribution in [0.3, 0.4) is 0 Å². The van der Waals surface area contributed by atoms with Crippen molar-refractivity contribution >= 4 is 23.1 Å². The van der Waals surface area contributed by atoms with E-state index in [9.17, 15) is 4.79 Å². The fourth-order valence-electron chi connectivity index (χ4n) is 4.12. The number of hydrogen-bond acceptors (Lipinski definition) is 7. The highest BCUT2D eigenvalue weighted by Gasteiger charge is 2.22. The summed E-state index contributed by atoms with van der Waals surface area (Å²) in [6.45, 7) is 11.0. The quantitative estimate of drug-likeness (QED) is 0.760. The van der Waals surface area contributed by atoms with E-state index < -0.39 is 0 Å². The predicted octanol–water partition coefficient (Wildman–Crippen LogP) is 1.94. The van der Waals surface area contributed by atoms with Crippen LogP contribution in [-0.2, 0) is 16.0 Å². The first kappa shape index (κ1) is 21.5. The van der Waals surface area contributed by atoms with Gasteiger partial charge in [-0.2, -0.15) is 0 Å². The molecule has 0 unspecified atom stereocenters. The second-order valence-corrected chi connectivity index (χ2v) is 8.07. The van der Waals surface area contributed by atoms with Gasteiger partial charge < -0.3 is 19.9 Å². The van der Waals surface area contributed by atoms with Crippen LogP contribution in [0.5, 0.6) is 0 Å². The minimum atomic E-state index is 0.0281. The number of rotatable bonds is 6. The molecule has 2 aliphatic rings. The molecule has 1 aromatic heterocycles. The largest absolute Gasteiger partial charge is 0.378 e. The van der Waals surface area contributed by atoms with Crippen LogP contribution in [0, 0.1) is 6.92 Å². The standard InChI is InChI=1S/C23H32N6O2/c1-3-21-24-18(2)16-22(26-21)29-10-8-27(9-11-29)17-23(30)25-19-6-4-5-7-20(19)28-12-14-31-15-13-28/h4-7,16H,3,8-15,17H2,1-2H3,(H,25,30). The first-order valence-electron chi connectivity index (χ1n) is 11.2. The molecule has 31 heavy (non-hydrogen) atoms. The van der Waals surface area contributed by atoms with Gasteiger partial charge in [0.25, 0.3) is 0 Å². The Hall–Kier alpha value is -2.71. The number of piperazine rings is 1. The van der Waals surface area contributed by atoms with E-state index in [1.165, 1.54) is 0 Å².